The van der Waals surface area contributed by atoms with Gasteiger partial charge < -0.3 is 0 Å². The first-order valence-electron chi connectivity index (χ1n) is 6.98. The van der Waals surface area contributed by atoms with E-state index in [-0.39, 0.29) is 10.8 Å². The van der Waals surface area contributed by atoms with Crippen LogP contribution in [0.1, 0.15) is 37.3 Å². The molecule has 6 heteroatoms. The normalized spacial score (nSPS) is 13.1. The number of aromatic nitrogens is 1. The van der Waals surface area contributed by atoms with Crippen LogP contribution in [0, 0.1) is 6.92 Å². The van der Waals surface area contributed by atoms with Gasteiger partial charge in [-0.05, 0) is 54.2 Å². The molecule has 0 fully saturated rings. The van der Waals surface area contributed by atoms with Gasteiger partial charge in [0.1, 0.15) is 5.15 Å². The number of hydrogen-bond donors (Lipinski definition) is 1. The molecule has 1 aromatic heterocycles. The standard InChI is InChI=1S/C16H18ClNO3S/c1-4-10(2)16-13(22(19,20)21)7-5-11(3)15(16)12-6-8-14(17)18-9-12/h5-10H,4H2,1-3H3,(H,19,20,21). The van der Waals surface area contributed by atoms with Gasteiger partial charge in [-0.1, -0.05) is 31.5 Å². The van der Waals surface area contributed by atoms with Crippen molar-refractivity contribution >= 4 is 21.7 Å². The molecule has 0 aliphatic carbocycles. The molecule has 0 aliphatic heterocycles. The molecule has 0 spiro atoms. The molecule has 0 saturated heterocycles. The summed E-state index contributed by atoms with van der Waals surface area (Å²) in [5.74, 6) is -0.0255. The van der Waals surface area contributed by atoms with Gasteiger partial charge in [0.25, 0.3) is 10.1 Å². The van der Waals surface area contributed by atoms with Gasteiger partial charge >= 0.3 is 0 Å². The Morgan fingerprint density at radius 2 is 1.95 bits per heavy atom. The van der Waals surface area contributed by atoms with Crippen LogP contribution in [0.5, 0.6) is 0 Å². The highest BCUT2D eigenvalue weighted by molar-refractivity contribution is 7.85. The lowest BCUT2D eigenvalue weighted by atomic mass is 9.88. The smallest absolute Gasteiger partial charge is 0.282 e. The maximum absolute atomic E-state index is 11.7. The molecule has 1 N–H and O–H groups in total. The molecule has 0 radical (unpaired) electrons. The maximum atomic E-state index is 11.7. The molecule has 4 nitrogen and oxygen atoms in total. The van der Waals surface area contributed by atoms with Crippen molar-refractivity contribution in [1.29, 1.82) is 0 Å². The van der Waals surface area contributed by atoms with Crippen LogP contribution in [-0.4, -0.2) is 18.0 Å². The minimum Gasteiger partial charge on any atom is -0.282 e. The van der Waals surface area contributed by atoms with Gasteiger partial charge in [-0.3, -0.25) is 4.55 Å². The zero-order chi connectivity index (χ0) is 16.5. The average molecular weight is 340 g/mol. The maximum Gasteiger partial charge on any atom is 0.294 e. The first-order valence-corrected chi connectivity index (χ1v) is 8.80. The van der Waals surface area contributed by atoms with E-state index in [9.17, 15) is 13.0 Å². The number of nitrogens with zero attached hydrogens (tertiary/aromatic N) is 1. The van der Waals surface area contributed by atoms with Gasteiger partial charge in [0.15, 0.2) is 0 Å². The predicted molar refractivity (Wildman–Crippen MR) is 87.9 cm³/mol. The fourth-order valence-electron chi connectivity index (χ4n) is 2.53. The van der Waals surface area contributed by atoms with E-state index in [0.29, 0.717) is 10.7 Å². The highest BCUT2D eigenvalue weighted by Gasteiger charge is 2.24. The first kappa shape index (κ1) is 16.9. The molecule has 2 rings (SSSR count). The summed E-state index contributed by atoms with van der Waals surface area (Å²) in [6.07, 6.45) is 2.37. The second kappa shape index (κ2) is 6.36. The van der Waals surface area contributed by atoms with E-state index in [4.69, 9.17) is 11.6 Å². The summed E-state index contributed by atoms with van der Waals surface area (Å²) in [6, 6.07) is 6.62. The van der Waals surface area contributed by atoms with Crippen LogP contribution in [0.25, 0.3) is 11.1 Å². The van der Waals surface area contributed by atoms with Gasteiger partial charge in [0.05, 0.1) is 4.90 Å². The molecule has 22 heavy (non-hydrogen) atoms. The van der Waals surface area contributed by atoms with Crippen LogP contribution >= 0.6 is 11.6 Å². The van der Waals surface area contributed by atoms with Gasteiger partial charge in [-0.2, -0.15) is 8.42 Å². The molecule has 1 unspecified atom stereocenters. The third-order valence-corrected chi connectivity index (χ3v) is 4.95. The highest BCUT2D eigenvalue weighted by Crippen LogP contribution is 2.38. The van der Waals surface area contributed by atoms with Crippen LogP contribution < -0.4 is 0 Å². The molecule has 0 aliphatic rings. The number of rotatable bonds is 4. The van der Waals surface area contributed by atoms with Crippen LogP contribution in [0.2, 0.25) is 5.15 Å². The number of halogens is 1. The van der Waals surface area contributed by atoms with Crippen molar-refractivity contribution in [3.8, 4) is 11.1 Å². The lowest BCUT2D eigenvalue weighted by Crippen LogP contribution is -2.08. The third-order valence-electron chi connectivity index (χ3n) is 3.81. The molecule has 118 valence electrons. The Morgan fingerprint density at radius 3 is 2.45 bits per heavy atom. The Balaban J connectivity index is 2.84. The molecule has 0 amide bonds. The minimum absolute atomic E-state index is 0.0255. The van der Waals surface area contributed by atoms with Crippen LogP contribution in [0.3, 0.4) is 0 Å². The van der Waals surface area contributed by atoms with E-state index in [1.807, 2.05) is 20.8 Å². The summed E-state index contributed by atoms with van der Waals surface area (Å²) in [4.78, 5) is 4.02. The summed E-state index contributed by atoms with van der Waals surface area (Å²) >= 11 is 5.83. The van der Waals surface area contributed by atoms with E-state index in [0.717, 1.165) is 23.1 Å². The fourth-order valence-corrected chi connectivity index (χ4v) is 3.47. The lowest BCUT2D eigenvalue weighted by Gasteiger charge is -2.20. The molecular formula is C16H18ClNO3S. The van der Waals surface area contributed by atoms with Gasteiger partial charge in [0, 0.05) is 11.8 Å². The molecule has 1 aromatic carbocycles. The summed E-state index contributed by atoms with van der Waals surface area (Å²) in [5.41, 5.74) is 3.11. The number of pyridine rings is 1. The van der Waals surface area contributed by atoms with E-state index < -0.39 is 10.1 Å². The number of hydrogen-bond acceptors (Lipinski definition) is 3. The van der Waals surface area contributed by atoms with E-state index >= 15 is 0 Å². The second-order valence-electron chi connectivity index (χ2n) is 5.32. The SMILES string of the molecule is CCC(C)c1c(S(=O)(=O)O)ccc(C)c1-c1ccc(Cl)nc1. The predicted octanol–water partition coefficient (Wildman–Crippen LogP) is 4.47. The van der Waals surface area contributed by atoms with Crippen molar-refractivity contribution in [2.45, 2.75) is 38.0 Å². The van der Waals surface area contributed by atoms with Crippen LogP contribution in [0.15, 0.2) is 35.4 Å². The van der Waals surface area contributed by atoms with Crippen LogP contribution in [0.4, 0.5) is 0 Å². The fraction of sp³-hybridized carbons (Fsp3) is 0.312. The van der Waals surface area contributed by atoms with Crippen molar-refractivity contribution in [1.82, 2.24) is 4.98 Å². The van der Waals surface area contributed by atoms with E-state index in [1.54, 1.807) is 24.4 Å². The third kappa shape index (κ3) is 3.32. The summed E-state index contributed by atoms with van der Waals surface area (Å²) in [7, 11) is -4.29. The van der Waals surface area contributed by atoms with E-state index in [1.165, 1.54) is 6.07 Å². The van der Waals surface area contributed by atoms with Gasteiger partial charge in [0.2, 0.25) is 0 Å². The number of aryl methyl sites for hydroxylation is 1. The summed E-state index contributed by atoms with van der Waals surface area (Å²) in [5, 5.41) is 0.373. The van der Waals surface area contributed by atoms with Crippen molar-refractivity contribution in [3.63, 3.8) is 0 Å². The first-order chi connectivity index (χ1) is 10.3. The van der Waals surface area contributed by atoms with Crippen molar-refractivity contribution in [2.75, 3.05) is 0 Å². The van der Waals surface area contributed by atoms with Gasteiger partial charge in [-0.15, -0.1) is 0 Å². The molecule has 1 atom stereocenters. The topological polar surface area (TPSA) is 67.3 Å². The monoisotopic (exact) mass is 339 g/mol. The Hall–Kier alpha value is -1.43. The zero-order valence-corrected chi connectivity index (χ0v) is 14.2. The van der Waals surface area contributed by atoms with Crippen molar-refractivity contribution in [3.05, 3.63) is 46.7 Å². The van der Waals surface area contributed by atoms with Gasteiger partial charge in [-0.25, -0.2) is 4.98 Å². The lowest BCUT2D eigenvalue weighted by molar-refractivity contribution is 0.481. The summed E-state index contributed by atoms with van der Waals surface area (Å²) < 4.78 is 33.0. The largest absolute Gasteiger partial charge is 0.294 e. The molecular weight excluding hydrogens is 322 g/mol. The molecule has 0 bridgehead atoms. The zero-order valence-electron chi connectivity index (χ0n) is 12.7. The molecule has 0 saturated carbocycles. The Labute approximate surface area is 135 Å². The van der Waals surface area contributed by atoms with E-state index in [2.05, 4.69) is 4.98 Å². The highest BCUT2D eigenvalue weighted by atomic mass is 35.5. The van der Waals surface area contributed by atoms with Crippen molar-refractivity contribution in [2.24, 2.45) is 0 Å². The van der Waals surface area contributed by atoms with Crippen molar-refractivity contribution < 1.29 is 13.0 Å². The average Bonchev–Trinajstić information content (AvgIpc) is 2.46. The molecule has 2 aromatic rings. The summed E-state index contributed by atoms with van der Waals surface area (Å²) in [6.45, 7) is 5.82. The minimum atomic E-state index is -4.29. The Morgan fingerprint density at radius 1 is 1.27 bits per heavy atom. The Bertz CT molecular complexity index is 786. The molecule has 1 heterocycles. The Kier molecular flexibility index (Phi) is 4.90. The second-order valence-corrected chi connectivity index (χ2v) is 7.10. The number of benzene rings is 1. The quantitative estimate of drug-likeness (QED) is 0.659. The van der Waals surface area contributed by atoms with Crippen LogP contribution in [-0.2, 0) is 10.1 Å².